The maximum Gasteiger partial charge on any atom is 0.0334 e. The van der Waals surface area contributed by atoms with E-state index in [2.05, 4.69) is 121 Å². The fourth-order valence-electron chi connectivity index (χ4n) is 5.87. The molecule has 0 heterocycles. The van der Waals surface area contributed by atoms with Crippen molar-refractivity contribution in [1.29, 1.82) is 0 Å². The van der Waals surface area contributed by atoms with Crippen LogP contribution >= 0.6 is 0 Å². The van der Waals surface area contributed by atoms with Crippen LogP contribution in [0.3, 0.4) is 0 Å². The van der Waals surface area contributed by atoms with Crippen molar-refractivity contribution >= 4 is 64.6 Å². The highest BCUT2D eigenvalue weighted by molar-refractivity contribution is 6.25. The maximum absolute atomic E-state index is 3.58. The van der Waals surface area contributed by atoms with E-state index in [4.69, 9.17) is 0 Å². The molecule has 0 nitrogen and oxygen atoms in total. The Morgan fingerprint density at radius 3 is 1.12 bits per heavy atom. The van der Waals surface area contributed by atoms with Crippen LogP contribution in [0.1, 0.15) is 11.1 Å². The third-order valence-electron chi connectivity index (χ3n) is 7.35. The lowest BCUT2D eigenvalue weighted by Crippen LogP contribution is -1.89. The third kappa shape index (κ3) is 2.34. The molecule has 0 radical (unpaired) electrons. The van der Waals surface area contributed by atoms with E-state index >= 15 is 0 Å². The van der Waals surface area contributed by atoms with E-state index < -0.39 is 0 Å². The van der Waals surface area contributed by atoms with E-state index in [1.807, 2.05) is 0 Å². The SMILES string of the molecule is C(#Cc1cc2cccc3ccc4cccc1c4c32)c1cc2cccc3ccc4cccc1c4c32. The van der Waals surface area contributed by atoms with Crippen molar-refractivity contribution in [3.8, 4) is 11.8 Å². The van der Waals surface area contributed by atoms with Crippen LogP contribution in [-0.4, -0.2) is 0 Å². The standard InChI is InChI=1S/C34H18/c1-5-21-13-15-23-7-3-11-29-25(19-27(9-1)31(21)33(23)29)17-18-26-20-28-10-2-6-22-14-16-24-8-4-12-30(26)34(24)32(22)28/h1-16,19-20H. The second kappa shape index (κ2) is 6.47. The highest BCUT2D eigenvalue weighted by Gasteiger charge is 2.12. The first-order chi connectivity index (χ1) is 16.8. The molecule has 0 aromatic heterocycles. The summed E-state index contributed by atoms with van der Waals surface area (Å²) in [7, 11) is 0. The van der Waals surface area contributed by atoms with Crippen molar-refractivity contribution in [3.63, 3.8) is 0 Å². The molecule has 8 aromatic carbocycles. The Hall–Kier alpha value is -4.60. The maximum atomic E-state index is 3.58. The molecule has 34 heavy (non-hydrogen) atoms. The molecule has 0 saturated heterocycles. The lowest BCUT2D eigenvalue weighted by Gasteiger charge is -2.13. The molecule has 0 aliphatic heterocycles. The van der Waals surface area contributed by atoms with Crippen LogP contribution < -0.4 is 0 Å². The summed E-state index contributed by atoms with van der Waals surface area (Å²) in [6.07, 6.45) is 0. The van der Waals surface area contributed by atoms with Crippen LogP contribution in [0, 0.1) is 11.8 Å². The van der Waals surface area contributed by atoms with Gasteiger partial charge < -0.3 is 0 Å². The molecule has 8 aromatic rings. The second-order valence-electron chi connectivity index (χ2n) is 9.20. The van der Waals surface area contributed by atoms with Gasteiger partial charge in [0.1, 0.15) is 0 Å². The Morgan fingerprint density at radius 2 is 0.676 bits per heavy atom. The minimum atomic E-state index is 1.09. The van der Waals surface area contributed by atoms with Gasteiger partial charge in [0.15, 0.2) is 0 Å². The lowest BCUT2D eigenvalue weighted by atomic mass is 9.90. The average Bonchev–Trinajstić information content (AvgIpc) is 2.89. The minimum absolute atomic E-state index is 1.09. The molecule has 0 bridgehead atoms. The average molecular weight is 427 g/mol. The highest BCUT2D eigenvalue weighted by Crippen LogP contribution is 2.38. The molecular formula is C34H18. The van der Waals surface area contributed by atoms with Crippen LogP contribution in [0.25, 0.3) is 64.6 Å². The van der Waals surface area contributed by atoms with Crippen molar-refractivity contribution in [3.05, 3.63) is 120 Å². The van der Waals surface area contributed by atoms with Crippen molar-refractivity contribution in [1.82, 2.24) is 0 Å². The van der Waals surface area contributed by atoms with Gasteiger partial charge in [-0.15, -0.1) is 0 Å². The van der Waals surface area contributed by atoms with Gasteiger partial charge in [0.2, 0.25) is 0 Å². The molecule has 0 atom stereocenters. The van der Waals surface area contributed by atoms with Gasteiger partial charge >= 0.3 is 0 Å². The smallest absolute Gasteiger partial charge is 0.0334 e. The summed E-state index contributed by atoms with van der Waals surface area (Å²) < 4.78 is 0. The van der Waals surface area contributed by atoms with Gasteiger partial charge in [0, 0.05) is 11.1 Å². The van der Waals surface area contributed by atoms with E-state index in [-0.39, 0.29) is 0 Å². The van der Waals surface area contributed by atoms with E-state index in [0.29, 0.717) is 0 Å². The Morgan fingerprint density at radius 1 is 0.324 bits per heavy atom. The molecule has 0 aliphatic rings. The van der Waals surface area contributed by atoms with E-state index in [1.165, 1.54) is 64.6 Å². The summed E-state index contributed by atoms with van der Waals surface area (Å²) in [5.41, 5.74) is 2.17. The van der Waals surface area contributed by atoms with E-state index in [9.17, 15) is 0 Å². The van der Waals surface area contributed by atoms with Gasteiger partial charge in [-0.05, 0) is 76.8 Å². The van der Waals surface area contributed by atoms with Gasteiger partial charge in [-0.1, -0.05) is 109 Å². The fourth-order valence-corrected chi connectivity index (χ4v) is 5.87. The van der Waals surface area contributed by atoms with Crippen molar-refractivity contribution in [2.45, 2.75) is 0 Å². The summed E-state index contributed by atoms with van der Waals surface area (Å²) in [4.78, 5) is 0. The minimum Gasteiger partial charge on any atom is -0.0610 e. The molecule has 0 saturated carbocycles. The largest absolute Gasteiger partial charge is 0.0610 e. The first-order valence-corrected chi connectivity index (χ1v) is 11.7. The molecule has 8 rings (SSSR count). The Kier molecular flexibility index (Phi) is 3.41. The quantitative estimate of drug-likeness (QED) is 0.168. The fraction of sp³-hybridized carbons (Fsp3) is 0. The van der Waals surface area contributed by atoms with Gasteiger partial charge in [-0.3, -0.25) is 0 Å². The normalized spacial score (nSPS) is 11.9. The van der Waals surface area contributed by atoms with Gasteiger partial charge in [-0.25, -0.2) is 0 Å². The number of hydrogen-bond donors (Lipinski definition) is 0. The zero-order valence-corrected chi connectivity index (χ0v) is 18.4. The van der Waals surface area contributed by atoms with Crippen molar-refractivity contribution in [2.75, 3.05) is 0 Å². The zero-order chi connectivity index (χ0) is 22.2. The Labute approximate surface area is 196 Å². The topological polar surface area (TPSA) is 0 Å². The molecule has 0 amide bonds. The van der Waals surface area contributed by atoms with Crippen LogP contribution in [0.2, 0.25) is 0 Å². The van der Waals surface area contributed by atoms with Gasteiger partial charge in [-0.2, -0.15) is 0 Å². The third-order valence-corrected chi connectivity index (χ3v) is 7.35. The summed E-state index contributed by atoms with van der Waals surface area (Å²) in [5, 5.41) is 15.4. The molecule has 0 heteroatoms. The van der Waals surface area contributed by atoms with Crippen LogP contribution in [0.5, 0.6) is 0 Å². The van der Waals surface area contributed by atoms with Crippen molar-refractivity contribution in [2.24, 2.45) is 0 Å². The second-order valence-corrected chi connectivity index (χ2v) is 9.20. The van der Waals surface area contributed by atoms with Crippen molar-refractivity contribution < 1.29 is 0 Å². The van der Waals surface area contributed by atoms with E-state index in [1.54, 1.807) is 0 Å². The molecule has 0 spiro atoms. The predicted octanol–water partition coefficient (Wildman–Crippen LogP) is 8.88. The first-order valence-electron chi connectivity index (χ1n) is 11.7. The highest BCUT2D eigenvalue weighted by atomic mass is 14.1. The van der Waals surface area contributed by atoms with Crippen LogP contribution in [0.15, 0.2) is 109 Å². The Bertz CT molecular complexity index is 1960. The molecule has 0 fully saturated rings. The lowest BCUT2D eigenvalue weighted by molar-refractivity contribution is 1.72. The predicted molar refractivity (Wildman–Crippen MR) is 146 cm³/mol. The van der Waals surface area contributed by atoms with E-state index in [0.717, 1.165) is 11.1 Å². The van der Waals surface area contributed by atoms with Crippen LogP contribution in [0.4, 0.5) is 0 Å². The van der Waals surface area contributed by atoms with Crippen LogP contribution in [-0.2, 0) is 0 Å². The van der Waals surface area contributed by atoms with Gasteiger partial charge in [0.25, 0.3) is 0 Å². The Balaban J connectivity index is 1.46. The zero-order valence-electron chi connectivity index (χ0n) is 18.4. The number of rotatable bonds is 0. The monoisotopic (exact) mass is 426 g/mol. The van der Waals surface area contributed by atoms with Gasteiger partial charge in [0.05, 0.1) is 0 Å². The molecular weight excluding hydrogens is 408 g/mol. The summed E-state index contributed by atoms with van der Waals surface area (Å²) in [6.45, 7) is 0. The number of hydrogen-bond acceptors (Lipinski definition) is 0. The molecule has 0 aliphatic carbocycles. The summed E-state index contributed by atoms with van der Waals surface area (Å²) >= 11 is 0. The molecule has 0 N–H and O–H groups in total. The summed E-state index contributed by atoms with van der Waals surface area (Å²) in [6, 6.07) is 39.6. The first kappa shape index (κ1) is 17.9. The summed E-state index contributed by atoms with van der Waals surface area (Å²) in [5.74, 6) is 7.17. The number of benzene rings is 8. The molecule has 154 valence electrons. The molecule has 0 unspecified atom stereocenters.